The first-order chi connectivity index (χ1) is 6.16. The summed E-state index contributed by atoms with van der Waals surface area (Å²) < 4.78 is 0. The van der Waals surface area contributed by atoms with E-state index in [1.165, 1.54) is 6.42 Å². The van der Waals surface area contributed by atoms with Crippen molar-refractivity contribution >= 4 is 6.09 Å². The Bertz CT molecular complexity index is 187. The van der Waals surface area contributed by atoms with E-state index in [2.05, 4.69) is 13.8 Å². The molecule has 0 saturated carbocycles. The maximum atomic E-state index is 11.0. The zero-order chi connectivity index (χ0) is 9.90. The molecule has 76 valence electrons. The van der Waals surface area contributed by atoms with E-state index in [1.54, 1.807) is 4.90 Å². The molecular weight excluding hydrogens is 166 g/mol. The molecule has 1 fully saturated rings. The minimum absolute atomic E-state index is 0.0654. The molecule has 0 aromatic heterocycles. The number of carbonyl (C=O) groups is 1. The van der Waals surface area contributed by atoms with Crippen molar-refractivity contribution in [1.29, 1.82) is 0 Å². The highest BCUT2D eigenvalue weighted by atomic mass is 16.4. The Morgan fingerprint density at radius 2 is 2.00 bits per heavy atom. The number of nitrogens with zero attached hydrogens (tertiary/aromatic N) is 1. The first kappa shape index (κ1) is 10.4. The van der Waals surface area contributed by atoms with Gasteiger partial charge in [0.1, 0.15) is 0 Å². The molecule has 1 heterocycles. The van der Waals surface area contributed by atoms with Gasteiger partial charge in [0.15, 0.2) is 0 Å². The van der Waals surface area contributed by atoms with Gasteiger partial charge in [0.2, 0.25) is 0 Å². The van der Waals surface area contributed by atoms with Gasteiger partial charge >= 0.3 is 6.09 Å². The Kier molecular flexibility index (Phi) is 3.17. The molecular formula is C10H19NO2. The molecule has 0 bridgehead atoms. The molecule has 0 aromatic carbocycles. The van der Waals surface area contributed by atoms with E-state index in [4.69, 9.17) is 5.11 Å². The standard InChI is InChI=1S/C10H19NO2/c1-3-10(4-2)7-5-6-8-11(10)9(12)13/h3-8H2,1-2H3,(H,12,13). The zero-order valence-corrected chi connectivity index (χ0v) is 8.55. The average Bonchev–Trinajstić information content (AvgIpc) is 2.17. The fourth-order valence-corrected chi connectivity index (χ4v) is 2.38. The van der Waals surface area contributed by atoms with Gasteiger partial charge in [0.05, 0.1) is 0 Å². The second kappa shape index (κ2) is 3.99. The van der Waals surface area contributed by atoms with Crippen LogP contribution in [0, 0.1) is 0 Å². The molecule has 3 heteroatoms. The van der Waals surface area contributed by atoms with Gasteiger partial charge in [-0.2, -0.15) is 0 Å². The maximum Gasteiger partial charge on any atom is 0.407 e. The second-order valence-electron chi connectivity index (χ2n) is 3.82. The van der Waals surface area contributed by atoms with E-state index < -0.39 is 6.09 Å². The lowest BCUT2D eigenvalue weighted by Crippen LogP contribution is -2.53. The molecule has 1 saturated heterocycles. The van der Waals surface area contributed by atoms with Gasteiger partial charge in [-0.15, -0.1) is 0 Å². The average molecular weight is 185 g/mol. The molecule has 0 radical (unpaired) electrons. The monoisotopic (exact) mass is 185 g/mol. The predicted octanol–water partition coefficient (Wildman–Crippen LogP) is 2.71. The summed E-state index contributed by atoms with van der Waals surface area (Å²) in [5.74, 6) is 0. The summed E-state index contributed by atoms with van der Waals surface area (Å²) in [6.07, 6.45) is 4.36. The third-order valence-corrected chi connectivity index (χ3v) is 3.39. The van der Waals surface area contributed by atoms with Gasteiger partial charge in [-0.05, 0) is 32.1 Å². The van der Waals surface area contributed by atoms with Crippen molar-refractivity contribution in [3.8, 4) is 0 Å². The number of hydrogen-bond donors (Lipinski definition) is 1. The summed E-state index contributed by atoms with van der Waals surface area (Å²) >= 11 is 0. The maximum absolute atomic E-state index is 11.0. The Balaban J connectivity index is 2.81. The molecule has 1 N–H and O–H groups in total. The highest BCUT2D eigenvalue weighted by Gasteiger charge is 2.38. The first-order valence-electron chi connectivity index (χ1n) is 5.17. The van der Waals surface area contributed by atoms with Gasteiger partial charge in [0, 0.05) is 12.1 Å². The Labute approximate surface area is 79.7 Å². The lowest BCUT2D eigenvalue weighted by molar-refractivity contribution is 0.0414. The third-order valence-electron chi connectivity index (χ3n) is 3.39. The predicted molar refractivity (Wildman–Crippen MR) is 51.9 cm³/mol. The summed E-state index contributed by atoms with van der Waals surface area (Å²) in [5.41, 5.74) is -0.0654. The van der Waals surface area contributed by atoms with Crippen LogP contribution in [0.25, 0.3) is 0 Å². The van der Waals surface area contributed by atoms with Crippen molar-refractivity contribution in [2.45, 2.75) is 51.5 Å². The van der Waals surface area contributed by atoms with Crippen LogP contribution in [0.2, 0.25) is 0 Å². The van der Waals surface area contributed by atoms with Gasteiger partial charge in [-0.1, -0.05) is 13.8 Å². The fraction of sp³-hybridized carbons (Fsp3) is 0.900. The molecule has 0 atom stereocenters. The van der Waals surface area contributed by atoms with Crippen molar-refractivity contribution in [3.63, 3.8) is 0 Å². The summed E-state index contributed by atoms with van der Waals surface area (Å²) in [4.78, 5) is 12.7. The van der Waals surface area contributed by atoms with E-state index in [-0.39, 0.29) is 5.54 Å². The summed E-state index contributed by atoms with van der Waals surface area (Å²) in [5, 5.41) is 9.06. The molecule has 0 aromatic rings. The van der Waals surface area contributed by atoms with Crippen molar-refractivity contribution in [2.24, 2.45) is 0 Å². The minimum atomic E-state index is -0.747. The van der Waals surface area contributed by atoms with Crippen LogP contribution < -0.4 is 0 Å². The quantitative estimate of drug-likeness (QED) is 0.718. The second-order valence-corrected chi connectivity index (χ2v) is 3.82. The number of rotatable bonds is 2. The van der Waals surface area contributed by atoms with E-state index >= 15 is 0 Å². The van der Waals surface area contributed by atoms with Crippen LogP contribution >= 0.6 is 0 Å². The van der Waals surface area contributed by atoms with Crippen LogP contribution in [0.1, 0.15) is 46.0 Å². The molecule has 1 rings (SSSR count). The van der Waals surface area contributed by atoms with Crippen LogP contribution in [0.5, 0.6) is 0 Å². The fourth-order valence-electron chi connectivity index (χ4n) is 2.38. The molecule has 1 amide bonds. The van der Waals surface area contributed by atoms with Crippen LogP contribution in [0.4, 0.5) is 4.79 Å². The normalized spacial score (nSPS) is 21.5. The van der Waals surface area contributed by atoms with E-state index in [0.717, 1.165) is 32.2 Å². The Morgan fingerprint density at radius 1 is 1.38 bits per heavy atom. The number of carboxylic acid groups (broad SMARTS) is 1. The molecule has 0 spiro atoms. The summed E-state index contributed by atoms with van der Waals surface area (Å²) in [7, 11) is 0. The van der Waals surface area contributed by atoms with Crippen LogP contribution in [0.15, 0.2) is 0 Å². The first-order valence-corrected chi connectivity index (χ1v) is 5.17. The minimum Gasteiger partial charge on any atom is -0.465 e. The number of hydrogen-bond acceptors (Lipinski definition) is 1. The van der Waals surface area contributed by atoms with E-state index in [0.29, 0.717) is 0 Å². The molecule has 0 aliphatic carbocycles. The summed E-state index contributed by atoms with van der Waals surface area (Å²) in [6, 6.07) is 0. The van der Waals surface area contributed by atoms with Gasteiger partial charge < -0.3 is 10.0 Å². The van der Waals surface area contributed by atoms with Gasteiger partial charge in [-0.3, -0.25) is 0 Å². The molecule has 13 heavy (non-hydrogen) atoms. The Hall–Kier alpha value is -0.730. The molecule has 0 unspecified atom stereocenters. The third kappa shape index (κ3) is 1.79. The molecule has 1 aliphatic heterocycles. The lowest BCUT2D eigenvalue weighted by Gasteiger charge is -2.45. The highest BCUT2D eigenvalue weighted by molar-refractivity contribution is 5.66. The highest BCUT2D eigenvalue weighted by Crippen LogP contribution is 2.33. The van der Waals surface area contributed by atoms with Crippen LogP contribution in [-0.2, 0) is 0 Å². The summed E-state index contributed by atoms with van der Waals surface area (Å²) in [6.45, 7) is 4.90. The molecule has 3 nitrogen and oxygen atoms in total. The Morgan fingerprint density at radius 3 is 2.38 bits per heavy atom. The topological polar surface area (TPSA) is 40.5 Å². The smallest absolute Gasteiger partial charge is 0.407 e. The number of amides is 1. The zero-order valence-electron chi connectivity index (χ0n) is 8.55. The van der Waals surface area contributed by atoms with Crippen molar-refractivity contribution in [3.05, 3.63) is 0 Å². The van der Waals surface area contributed by atoms with Crippen LogP contribution in [0.3, 0.4) is 0 Å². The van der Waals surface area contributed by atoms with Crippen LogP contribution in [-0.4, -0.2) is 28.2 Å². The number of piperidine rings is 1. The molecule has 1 aliphatic rings. The van der Waals surface area contributed by atoms with Crippen molar-refractivity contribution < 1.29 is 9.90 Å². The van der Waals surface area contributed by atoms with Gasteiger partial charge in [-0.25, -0.2) is 4.79 Å². The number of likely N-dealkylation sites (tertiary alicyclic amines) is 1. The largest absolute Gasteiger partial charge is 0.465 e. The SMILES string of the molecule is CCC1(CC)CCCCN1C(=O)O. The van der Waals surface area contributed by atoms with Crippen molar-refractivity contribution in [2.75, 3.05) is 6.54 Å². The van der Waals surface area contributed by atoms with E-state index in [1.807, 2.05) is 0 Å². The lowest BCUT2D eigenvalue weighted by atomic mass is 9.82. The van der Waals surface area contributed by atoms with Gasteiger partial charge in [0.25, 0.3) is 0 Å². The van der Waals surface area contributed by atoms with Crippen molar-refractivity contribution in [1.82, 2.24) is 4.90 Å². The van der Waals surface area contributed by atoms with E-state index in [9.17, 15) is 4.79 Å².